The first-order chi connectivity index (χ1) is 13.0. The molecule has 1 heterocycles. The molecule has 0 spiro atoms. The van der Waals surface area contributed by atoms with Crippen LogP contribution in [0.3, 0.4) is 0 Å². The number of alkyl halides is 3. The fourth-order valence-corrected chi connectivity index (χ4v) is 4.25. The Morgan fingerprint density at radius 2 is 1.71 bits per heavy atom. The van der Waals surface area contributed by atoms with Gasteiger partial charge < -0.3 is 4.74 Å². The number of aryl methyl sites for hydroxylation is 1. The summed E-state index contributed by atoms with van der Waals surface area (Å²) in [5.41, 5.74) is -0.945. The Bertz CT molecular complexity index is 723. The number of quaternary nitrogens is 1. The Hall–Kier alpha value is -1.97. The molecule has 28 heavy (non-hydrogen) atoms. The highest BCUT2D eigenvalue weighted by atomic mass is 19.4. The zero-order valence-corrected chi connectivity index (χ0v) is 15.2. The number of hydroxylamine groups is 2. The molecule has 0 bridgehead atoms. The third-order valence-corrected chi connectivity index (χ3v) is 5.74. The number of nitrogens with zero attached hydrogens (tertiary/aromatic N) is 1. The van der Waals surface area contributed by atoms with Crippen LogP contribution in [-0.4, -0.2) is 34.1 Å². The first kappa shape index (κ1) is 20.8. The van der Waals surface area contributed by atoms with Crippen LogP contribution in [-0.2, 0) is 20.7 Å². The molecule has 6 nitrogen and oxygen atoms in total. The van der Waals surface area contributed by atoms with Gasteiger partial charge in [0.05, 0.1) is 4.81 Å². The molecule has 154 valence electrons. The molecule has 1 saturated carbocycles. The largest absolute Gasteiger partial charge is 0.630 e. The molecule has 1 unspecified atom stereocenters. The lowest BCUT2D eigenvalue weighted by Gasteiger charge is -2.41. The highest BCUT2D eigenvalue weighted by Crippen LogP contribution is 2.44. The minimum absolute atomic E-state index is 0.101. The van der Waals surface area contributed by atoms with Crippen LogP contribution in [0.4, 0.5) is 18.9 Å². The van der Waals surface area contributed by atoms with Crippen molar-refractivity contribution in [2.45, 2.75) is 63.3 Å². The Morgan fingerprint density at radius 3 is 2.25 bits per heavy atom. The standard InChI is InChI=1S/C19H23F3NO5/c20-19(21,22)23(26,27)15-7-5-13(6-8-15)9-10-18(14-3-1-2-4-14)12-16(24)11-17(25)28-18/h5-8,14,26-27H,1-4,9-12H2/q+1. The number of hydrogen-bond donors (Lipinski definition) is 2. The first-order valence-corrected chi connectivity index (χ1v) is 9.28. The Balaban J connectivity index is 1.75. The van der Waals surface area contributed by atoms with Crippen LogP contribution in [0.5, 0.6) is 0 Å². The van der Waals surface area contributed by atoms with E-state index in [1.54, 1.807) is 0 Å². The topological polar surface area (TPSA) is 83.8 Å². The molecule has 1 aliphatic heterocycles. The van der Waals surface area contributed by atoms with Gasteiger partial charge in [-0.3, -0.25) is 9.59 Å². The van der Waals surface area contributed by atoms with Gasteiger partial charge >= 0.3 is 12.3 Å². The van der Waals surface area contributed by atoms with Crippen LogP contribution >= 0.6 is 0 Å². The van der Waals surface area contributed by atoms with E-state index < -0.39 is 28.4 Å². The van der Waals surface area contributed by atoms with Gasteiger partial charge in [0.25, 0.3) is 0 Å². The number of carbonyl (C=O) groups is 2. The molecular formula is C19H23F3NO5+. The maximum absolute atomic E-state index is 12.7. The number of hydrogen-bond acceptors (Lipinski definition) is 5. The molecule has 0 amide bonds. The predicted octanol–water partition coefficient (Wildman–Crippen LogP) is 4.06. The van der Waals surface area contributed by atoms with Crippen molar-refractivity contribution in [1.29, 1.82) is 0 Å². The lowest BCUT2D eigenvalue weighted by atomic mass is 9.76. The summed E-state index contributed by atoms with van der Waals surface area (Å²) in [6, 6.07) is 4.72. The second-order valence-corrected chi connectivity index (χ2v) is 7.65. The SMILES string of the molecule is O=C1CC(=O)OC(CCc2ccc([N+](O)(O)C(F)(F)F)cc2)(C2CCCC2)C1. The number of ether oxygens (including phenoxy) is 1. The summed E-state index contributed by atoms with van der Waals surface area (Å²) in [5, 5.41) is 18.5. The summed E-state index contributed by atoms with van der Waals surface area (Å²) < 4.78 is 43.8. The van der Waals surface area contributed by atoms with E-state index in [4.69, 9.17) is 4.74 Å². The van der Waals surface area contributed by atoms with Crippen molar-refractivity contribution in [1.82, 2.24) is 4.81 Å². The van der Waals surface area contributed by atoms with Gasteiger partial charge in [0.15, 0.2) is 0 Å². The molecule has 0 aromatic heterocycles. The number of esters is 1. The van der Waals surface area contributed by atoms with E-state index in [-0.39, 0.29) is 24.5 Å². The van der Waals surface area contributed by atoms with E-state index >= 15 is 0 Å². The summed E-state index contributed by atoms with van der Waals surface area (Å²) in [6.07, 6.45) is -0.762. The van der Waals surface area contributed by atoms with Crippen molar-refractivity contribution in [3.05, 3.63) is 29.8 Å². The first-order valence-electron chi connectivity index (χ1n) is 9.28. The Morgan fingerprint density at radius 1 is 1.11 bits per heavy atom. The number of ketones is 1. The van der Waals surface area contributed by atoms with Gasteiger partial charge in [0.2, 0.25) is 5.69 Å². The van der Waals surface area contributed by atoms with Gasteiger partial charge in [-0.1, -0.05) is 25.0 Å². The van der Waals surface area contributed by atoms with E-state index in [9.17, 15) is 33.2 Å². The molecule has 0 radical (unpaired) electrons. The number of carbonyl (C=O) groups excluding carboxylic acids is 2. The summed E-state index contributed by atoms with van der Waals surface area (Å²) in [6.45, 7) is 0. The van der Waals surface area contributed by atoms with Crippen molar-refractivity contribution in [2.24, 2.45) is 5.92 Å². The zero-order chi connectivity index (χ0) is 20.6. The number of halogens is 3. The fourth-order valence-electron chi connectivity index (χ4n) is 4.25. The fraction of sp³-hybridized carbons (Fsp3) is 0.579. The van der Waals surface area contributed by atoms with Crippen molar-refractivity contribution >= 4 is 17.4 Å². The Kier molecular flexibility index (Phi) is 5.53. The van der Waals surface area contributed by atoms with Crippen LogP contribution in [0.1, 0.15) is 50.5 Å². The van der Waals surface area contributed by atoms with E-state index in [0.717, 1.165) is 37.8 Å². The highest BCUT2D eigenvalue weighted by molar-refractivity contribution is 5.98. The van der Waals surface area contributed by atoms with Crippen LogP contribution in [0.2, 0.25) is 0 Å². The molecule has 1 saturated heterocycles. The maximum Gasteiger partial charge on any atom is 0.630 e. The number of Topliss-reactive ketones (excluding diaryl/α,β-unsaturated/α-hetero) is 1. The lowest BCUT2D eigenvalue weighted by Crippen LogP contribution is -2.54. The number of benzene rings is 1. The van der Waals surface area contributed by atoms with Gasteiger partial charge in [-0.05, 0) is 37.2 Å². The van der Waals surface area contributed by atoms with Crippen LogP contribution < -0.4 is 4.81 Å². The van der Waals surface area contributed by atoms with Gasteiger partial charge in [-0.2, -0.15) is 10.4 Å². The molecule has 9 heteroatoms. The summed E-state index contributed by atoms with van der Waals surface area (Å²) in [5.74, 6) is -0.568. The summed E-state index contributed by atoms with van der Waals surface area (Å²) in [4.78, 5) is 20.8. The van der Waals surface area contributed by atoms with Gasteiger partial charge in [-0.15, -0.1) is 13.2 Å². The predicted molar refractivity (Wildman–Crippen MR) is 91.2 cm³/mol. The van der Waals surface area contributed by atoms with Crippen molar-refractivity contribution in [3.8, 4) is 0 Å². The minimum Gasteiger partial charge on any atom is -0.458 e. The van der Waals surface area contributed by atoms with E-state index in [1.165, 1.54) is 12.1 Å². The molecule has 3 rings (SSSR count). The normalized spacial score (nSPS) is 24.5. The smallest absolute Gasteiger partial charge is 0.458 e. The Labute approximate surface area is 160 Å². The summed E-state index contributed by atoms with van der Waals surface area (Å²) >= 11 is 0. The number of cyclic esters (lactones) is 1. The molecule has 2 N–H and O–H groups in total. The maximum atomic E-state index is 12.7. The van der Waals surface area contributed by atoms with Crippen molar-refractivity contribution < 1.29 is 37.9 Å². The molecular weight excluding hydrogens is 379 g/mol. The van der Waals surface area contributed by atoms with Crippen LogP contribution in [0, 0.1) is 5.92 Å². The average molecular weight is 402 g/mol. The molecule has 1 aliphatic carbocycles. The third-order valence-electron chi connectivity index (χ3n) is 5.74. The van der Waals surface area contributed by atoms with E-state index in [2.05, 4.69) is 0 Å². The second kappa shape index (κ2) is 7.46. The third kappa shape index (κ3) is 4.06. The van der Waals surface area contributed by atoms with E-state index in [0.29, 0.717) is 18.4 Å². The zero-order valence-electron chi connectivity index (χ0n) is 15.2. The lowest BCUT2D eigenvalue weighted by molar-refractivity contribution is -0.455. The molecule has 1 aromatic carbocycles. The van der Waals surface area contributed by atoms with Gasteiger partial charge in [0.1, 0.15) is 17.8 Å². The van der Waals surface area contributed by atoms with Crippen LogP contribution in [0.15, 0.2) is 24.3 Å². The van der Waals surface area contributed by atoms with Gasteiger partial charge in [-0.25, -0.2) is 0 Å². The number of rotatable bonds is 5. The second-order valence-electron chi connectivity index (χ2n) is 7.65. The van der Waals surface area contributed by atoms with Gasteiger partial charge in [0, 0.05) is 18.6 Å². The monoisotopic (exact) mass is 402 g/mol. The molecule has 2 fully saturated rings. The quantitative estimate of drug-likeness (QED) is 0.255. The van der Waals surface area contributed by atoms with E-state index in [1.807, 2.05) is 0 Å². The molecule has 2 aliphatic rings. The van der Waals surface area contributed by atoms with Crippen molar-refractivity contribution in [3.63, 3.8) is 0 Å². The minimum atomic E-state index is -5.27. The van der Waals surface area contributed by atoms with Crippen LogP contribution in [0.25, 0.3) is 0 Å². The molecule has 1 atom stereocenters. The van der Waals surface area contributed by atoms with Crippen molar-refractivity contribution in [2.75, 3.05) is 0 Å². The average Bonchev–Trinajstić information content (AvgIpc) is 3.14. The summed E-state index contributed by atoms with van der Waals surface area (Å²) in [7, 11) is 0. The highest BCUT2D eigenvalue weighted by Gasteiger charge is 2.58. The molecule has 1 aromatic rings.